The molecule has 0 bridgehead atoms. The van der Waals surface area contributed by atoms with Gasteiger partial charge in [0.2, 0.25) is 0 Å². The van der Waals surface area contributed by atoms with Gasteiger partial charge in [-0.1, -0.05) is 72.8 Å². The van der Waals surface area contributed by atoms with Crippen molar-refractivity contribution in [3.8, 4) is 28.6 Å². The highest BCUT2D eigenvalue weighted by molar-refractivity contribution is 6.13. The SMILES string of the molecule is N#Cc1ccc2oc3ccc(-n4c5ccccc5c5ccc(-c6ccc7c(c6)c6ccccc6n7-c6ccccc6)cc54)cc3c2c1. The van der Waals surface area contributed by atoms with E-state index in [0.717, 1.165) is 49.9 Å². The molecule has 0 saturated heterocycles. The van der Waals surface area contributed by atoms with Crippen molar-refractivity contribution < 1.29 is 4.42 Å². The largest absolute Gasteiger partial charge is 0.456 e. The molecule has 4 heteroatoms. The van der Waals surface area contributed by atoms with Crippen LogP contribution in [0.15, 0.2) is 156 Å². The van der Waals surface area contributed by atoms with Gasteiger partial charge >= 0.3 is 0 Å². The number of rotatable bonds is 3. The van der Waals surface area contributed by atoms with E-state index in [2.05, 4.69) is 143 Å². The maximum Gasteiger partial charge on any atom is 0.135 e. The fourth-order valence-corrected chi connectivity index (χ4v) is 7.41. The van der Waals surface area contributed by atoms with E-state index in [1.165, 1.54) is 38.1 Å². The fraction of sp³-hybridized carbons (Fsp3) is 0. The van der Waals surface area contributed by atoms with Gasteiger partial charge in [-0.2, -0.15) is 5.26 Å². The second-order valence-corrected chi connectivity index (χ2v) is 12.1. The highest BCUT2D eigenvalue weighted by atomic mass is 16.3. The molecule has 47 heavy (non-hydrogen) atoms. The van der Waals surface area contributed by atoms with Gasteiger partial charge in [-0.3, -0.25) is 0 Å². The molecule has 0 atom stereocenters. The first-order valence-corrected chi connectivity index (χ1v) is 15.7. The number of nitrogens with zero attached hydrogens (tertiary/aromatic N) is 3. The van der Waals surface area contributed by atoms with Crippen molar-refractivity contribution in [2.24, 2.45) is 0 Å². The summed E-state index contributed by atoms with van der Waals surface area (Å²) in [6.45, 7) is 0. The van der Waals surface area contributed by atoms with Crippen LogP contribution in [-0.2, 0) is 0 Å². The van der Waals surface area contributed by atoms with Crippen molar-refractivity contribution >= 4 is 65.6 Å². The van der Waals surface area contributed by atoms with E-state index < -0.39 is 0 Å². The normalized spacial score (nSPS) is 11.8. The summed E-state index contributed by atoms with van der Waals surface area (Å²) in [6.07, 6.45) is 0. The van der Waals surface area contributed by atoms with E-state index >= 15 is 0 Å². The average Bonchev–Trinajstić information content (AvgIpc) is 3.78. The number of furan rings is 1. The van der Waals surface area contributed by atoms with Crippen LogP contribution in [0.4, 0.5) is 0 Å². The molecule has 3 heterocycles. The molecule has 0 spiro atoms. The second kappa shape index (κ2) is 9.71. The van der Waals surface area contributed by atoms with Gasteiger partial charge in [0.15, 0.2) is 0 Å². The maximum absolute atomic E-state index is 9.55. The molecule has 0 unspecified atom stereocenters. The Morgan fingerprint density at radius 3 is 1.79 bits per heavy atom. The molecule has 0 aliphatic carbocycles. The summed E-state index contributed by atoms with van der Waals surface area (Å²) in [6, 6.07) is 55.7. The van der Waals surface area contributed by atoms with Crippen molar-refractivity contribution in [3.05, 3.63) is 157 Å². The summed E-state index contributed by atoms with van der Waals surface area (Å²) < 4.78 is 10.9. The number of fused-ring (bicyclic) bond motifs is 9. The molecule has 0 aliphatic rings. The molecular formula is C43H25N3O. The summed E-state index contributed by atoms with van der Waals surface area (Å²) in [5.41, 5.74) is 11.4. The summed E-state index contributed by atoms with van der Waals surface area (Å²) >= 11 is 0. The lowest BCUT2D eigenvalue weighted by Crippen LogP contribution is -1.94. The number of nitriles is 1. The molecule has 3 aromatic heterocycles. The third-order valence-electron chi connectivity index (χ3n) is 9.53. The third kappa shape index (κ3) is 3.75. The van der Waals surface area contributed by atoms with Crippen LogP contribution < -0.4 is 0 Å². The van der Waals surface area contributed by atoms with Crippen molar-refractivity contribution in [1.29, 1.82) is 5.26 Å². The number of benzene rings is 7. The zero-order valence-corrected chi connectivity index (χ0v) is 25.2. The Balaban J connectivity index is 1.20. The van der Waals surface area contributed by atoms with Crippen LogP contribution in [0.1, 0.15) is 5.56 Å². The molecule has 10 aromatic rings. The first-order chi connectivity index (χ1) is 23.2. The zero-order valence-electron chi connectivity index (χ0n) is 25.2. The number of hydrogen-bond donors (Lipinski definition) is 0. The maximum atomic E-state index is 9.55. The van der Waals surface area contributed by atoms with Crippen molar-refractivity contribution in [2.75, 3.05) is 0 Å². The lowest BCUT2D eigenvalue weighted by Gasteiger charge is -2.10. The van der Waals surface area contributed by atoms with Gasteiger partial charge in [0.25, 0.3) is 0 Å². The fourth-order valence-electron chi connectivity index (χ4n) is 7.41. The number of aromatic nitrogens is 2. The highest BCUT2D eigenvalue weighted by Gasteiger charge is 2.17. The minimum atomic E-state index is 0.621. The van der Waals surface area contributed by atoms with Gasteiger partial charge < -0.3 is 13.6 Å². The predicted molar refractivity (Wildman–Crippen MR) is 193 cm³/mol. The first kappa shape index (κ1) is 25.7. The Bertz CT molecular complexity index is 2910. The topological polar surface area (TPSA) is 46.8 Å². The van der Waals surface area contributed by atoms with E-state index in [4.69, 9.17) is 4.42 Å². The number of para-hydroxylation sites is 3. The van der Waals surface area contributed by atoms with Gasteiger partial charge in [-0.15, -0.1) is 0 Å². The van der Waals surface area contributed by atoms with Crippen LogP contribution in [0.25, 0.3) is 88.1 Å². The Kier molecular flexibility index (Phi) is 5.32. The van der Waals surface area contributed by atoms with Crippen LogP contribution in [0, 0.1) is 11.3 Å². The van der Waals surface area contributed by atoms with Crippen LogP contribution in [0.3, 0.4) is 0 Å². The minimum Gasteiger partial charge on any atom is -0.456 e. The zero-order chi connectivity index (χ0) is 31.1. The highest BCUT2D eigenvalue weighted by Crippen LogP contribution is 2.39. The molecule has 0 aliphatic heterocycles. The Morgan fingerprint density at radius 2 is 1.00 bits per heavy atom. The lowest BCUT2D eigenvalue weighted by atomic mass is 10.0. The Labute approximate surface area is 269 Å². The summed E-state index contributed by atoms with van der Waals surface area (Å²) in [5.74, 6) is 0. The van der Waals surface area contributed by atoms with Crippen LogP contribution in [0.2, 0.25) is 0 Å². The second-order valence-electron chi connectivity index (χ2n) is 12.1. The molecule has 4 nitrogen and oxygen atoms in total. The molecule has 0 fully saturated rings. The van der Waals surface area contributed by atoms with Crippen LogP contribution in [-0.4, -0.2) is 9.13 Å². The molecule has 7 aromatic carbocycles. The standard InChI is InChI=1S/C43H25N3O/c44-26-27-14-20-42-36(22-27)37-25-31(17-21-43(37)47-42)46-38-12-6-4-10-32(38)34-18-15-29(24-41(34)46)28-16-19-40-35(23-28)33-11-5-7-13-39(33)45(40)30-8-2-1-3-9-30/h1-25H. The lowest BCUT2D eigenvalue weighted by molar-refractivity contribution is 0.669. The molecule has 10 rings (SSSR count). The number of hydrogen-bond acceptors (Lipinski definition) is 2. The summed E-state index contributed by atoms with van der Waals surface area (Å²) in [7, 11) is 0. The average molecular weight is 600 g/mol. The Hall–Kier alpha value is -6.57. The molecule has 218 valence electrons. The molecule has 0 N–H and O–H groups in total. The summed E-state index contributed by atoms with van der Waals surface area (Å²) in [5, 5.41) is 16.4. The first-order valence-electron chi connectivity index (χ1n) is 15.7. The van der Waals surface area contributed by atoms with Crippen molar-refractivity contribution in [2.45, 2.75) is 0 Å². The summed E-state index contributed by atoms with van der Waals surface area (Å²) in [4.78, 5) is 0. The molecule has 0 radical (unpaired) electrons. The molecule has 0 amide bonds. The van der Waals surface area contributed by atoms with E-state index in [1.807, 2.05) is 18.2 Å². The van der Waals surface area contributed by atoms with Crippen molar-refractivity contribution in [3.63, 3.8) is 0 Å². The van der Waals surface area contributed by atoms with E-state index in [9.17, 15) is 5.26 Å². The van der Waals surface area contributed by atoms with Gasteiger partial charge in [0, 0.05) is 43.7 Å². The molecular weight excluding hydrogens is 574 g/mol. The smallest absolute Gasteiger partial charge is 0.135 e. The van der Waals surface area contributed by atoms with Crippen molar-refractivity contribution in [1.82, 2.24) is 9.13 Å². The van der Waals surface area contributed by atoms with E-state index in [-0.39, 0.29) is 0 Å². The quantitative estimate of drug-likeness (QED) is 0.203. The van der Waals surface area contributed by atoms with E-state index in [0.29, 0.717) is 5.56 Å². The van der Waals surface area contributed by atoms with Gasteiger partial charge in [0.05, 0.1) is 33.7 Å². The van der Waals surface area contributed by atoms with Gasteiger partial charge in [-0.25, -0.2) is 0 Å². The Morgan fingerprint density at radius 1 is 0.404 bits per heavy atom. The third-order valence-corrected chi connectivity index (χ3v) is 9.53. The van der Waals surface area contributed by atoms with Crippen LogP contribution >= 0.6 is 0 Å². The van der Waals surface area contributed by atoms with Gasteiger partial charge in [-0.05, 0) is 90.0 Å². The van der Waals surface area contributed by atoms with Gasteiger partial charge in [0.1, 0.15) is 11.2 Å². The molecule has 0 saturated carbocycles. The van der Waals surface area contributed by atoms with E-state index in [1.54, 1.807) is 6.07 Å². The monoisotopic (exact) mass is 599 g/mol. The predicted octanol–water partition coefficient (Wildman–Crippen LogP) is 11.3. The minimum absolute atomic E-state index is 0.621. The van der Waals surface area contributed by atoms with Crippen LogP contribution in [0.5, 0.6) is 0 Å².